The van der Waals surface area contributed by atoms with E-state index in [0.29, 0.717) is 19.4 Å². The number of halogens is 1. The molecule has 10 heteroatoms. The second kappa shape index (κ2) is 39.8. The van der Waals surface area contributed by atoms with Crippen molar-refractivity contribution in [1.29, 1.82) is 0 Å². The van der Waals surface area contributed by atoms with Crippen molar-refractivity contribution >= 4 is 29.6 Å². The highest BCUT2D eigenvalue weighted by atomic mass is 35.5. The molecule has 2 amide bonds. The number of amides is 2. The zero-order chi connectivity index (χ0) is 39.0. The van der Waals surface area contributed by atoms with Gasteiger partial charge in [0.1, 0.15) is 12.1 Å². The molecular formula is C43H86ClN7O2. The van der Waals surface area contributed by atoms with Crippen LogP contribution in [0.5, 0.6) is 0 Å². The van der Waals surface area contributed by atoms with Crippen LogP contribution in [0.25, 0.3) is 0 Å². The molecule has 0 aromatic heterocycles. The molecule has 2 unspecified atom stereocenters. The van der Waals surface area contributed by atoms with E-state index in [9.17, 15) is 9.59 Å². The van der Waals surface area contributed by atoms with Crippen molar-refractivity contribution in [2.75, 3.05) is 26.2 Å². The van der Waals surface area contributed by atoms with Crippen molar-refractivity contribution in [1.82, 2.24) is 15.1 Å². The number of hydrogen-bond acceptors (Lipinski definition) is 5. The Morgan fingerprint density at radius 2 is 1.02 bits per heavy atom. The number of nitrogens with two attached hydrogens (primary N) is 3. The zero-order valence-corrected chi connectivity index (χ0v) is 35.4. The number of nitrogens with zero attached hydrogens (tertiary/aromatic N) is 2. The van der Waals surface area contributed by atoms with Crippen LogP contribution in [0.4, 0.5) is 0 Å². The van der Waals surface area contributed by atoms with E-state index in [1.807, 2.05) is 4.90 Å². The third-order valence-electron chi connectivity index (χ3n) is 10.2. The first-order chi connectivity index (χ1) is 25.9. The molecule has 0 spiro atoms. The highest BCUT2D eigenvalue weighted by molar-refractivity contribution is 6.15. The molecule has 0 fully saturated rings. The van der Waals surface area contributed by atoms with E-state index in [4.69, 9.17) is 29.0 Å². The van der Waals surface area contributed by atoms with Gasteiger partial charge in [0.2, 0.25) is 11.8 Å². The van der Waals surface area contributed by atoms with Crippen molar-refractivity contribution in [2.24, 2.45) is 22.2 Å². The molecule has 0 radical (unpaired) electrons. The summed E-state index contributed by atoms with van der Waals surface area (Å²) in [6.07, 6.45) is 41.7. The Balaban J connectivity index is 4.52. The molecule has 0 bridgehead atoms. The maximum absolute atomic E-state index is 13.5. The maximum atomic E-state index is 13.5. The molecule has 0 saturated carbocycles. The lowest BCUT2D eigenvalue weighted by atomic mass is 10.0. The Bertz CT molecular complexity index is 885. The van der Waals surface area contributed by atoms with Gasteiger partial charge in [0, 0.05) is 26.2 Å². The quantitative estimate of drug-likeness (QED) is 0.0138. The molecule has 0 aromatic carbocycles. The summed E-state index contributed by atoms with van der Waals surface area (Å²) < 4.78 is 0. The predicted octanol–water partition coefficient (Wildman–Crippen LogP) is 9.94. The fourth-order valence-corrected chi connectivity index (χ4v) is 6.98. The van der Waals surface area contributed by atoms with Crippen LogP contribution in [0.2, 0.25) is 0 Å². The number of guanidine groups is 1. The van der Waals surface area contributed by atoms with Crippen molar-refractivity contribution in [3.8, 4) is 0 Å². The Hall–Kier alpha value is -1.84. The van der Waals surface area contributed by atoms with Crippen molar-refractivity contribution in [3.05, 3.63) is 12.2 Å². The van der Waals surface area contributed by atoms with Gasteiger partial charge in [-0.1, -0.05) is 167 Å². The molecule has 9 nitrogen and oxygen atoms in total. The van der Waals surface area contributed by atoms with Crippen LogP contribution in [0, 0.1) is 0 Å². The van der Waals surface area contributed by atoms with Gasteiger partial charge in [-0.05, 0) is 63.1 Å². The molecule has 0 aromatic rings. The van der Waals surface area contributed by atoms with E-state index in [2.05, 4.69) is 41.1 Å². The summed E-state index contributed by atoms with van der Waals surface area (Å²) in [6, 6.07) is -1.42. The SMILES string of the molecule is CCCCCCCC/C=C\CCCCCCCCN(CCCCCCCCCCCCCCCC)C(=O)C(N)CNC(=O)C(CCCN=C(N)N)NCl. The van der Waals surface area contributed by atoms with Gasteiger partial charge in [0.05, 0.1) is 0 Å². The largest absolute Gasteiger partial charge is 0.370 e. The summed E-state index contributed by atoms with van der Waals surface area (Å²) >= 11 is 5.83. The van der Waals surface area contributed by atoms with Gasteiger partial charge in [-0.15, -0.1) is 0 Å². The molecule has 0 aliphatic heterocycles. The molecule has 2 atom stereocenters. The van der Waals surface area contributed by atoms with Gasteiger partial charge in [-0.25, -0.2) is 4.84 Å². The highest BCUT2D eigenvalue weighted by Gasteiger charge is 2.23. The summed E-state index contributed by atoms with van der Waals surface area (Å²) in [5, 5.41) is 2.81. The number of rotatable bonds is 40. The standard InChI is InChI=1S/C43H86ClN7O2/c1-3-5-7-9-11-13-15-17-19-20-22-24-26-28-30-32-37-51(36-31-29-27-25-23-21-18-16-14-12-10-8-6-4-2)42(53)39(45)38-49-41(52)40(50-44)34-33-35-48-43(46)47/h17,19,39-40,50H,3-16,18,20-38,45H2,1-2H3,(H,49,52)(H4,46,47,48)/b19-17-. The fraction of sp³-hybridized carbons (Fsp3) is 0.884. The number of unbranched alkanes of at least 4 members (excludes halogenated alkanes) is 25. The smallest absolute Gasteiger partial charge is 0.241 e. The average Bonchev–Trinajstić information content (AvgIpc) is 3.15. The number of aliphatic imine (C=N–C) groups is 1. The first-order valence-corrected chi connectivity index (χ1v) is 22.6. The Morgan fingerprint density at radius 3 is 1.42 bits per heavy atom. The number of nitrogens with one attached hydrogen (secondary N) is 2. The summed E-state index contributed by atoms with van der Waals surface area (Å²) in [4.78, 5) is 34.6. The van der Waals surface area contributed by atoms with Crippen LogP contribution >= 0.6 is 11.8 Å². The van der Waals surface area contributed by atoms with E-state index in [-0.39, 0.29) is 24.3 Å². The van der Waals surface area contributed by atoms with E-state index in [1.165, 1.54) is 154 Å². The summed E-state index contributed by atoms with van der Waals surface area (Å²) in [5.41, 5.74) is 17.1. The van der Waals surface area contributed by atoms with E-state index in [0.717, 1.165) is 38.8 Å². The molecule has 312 valence electrons. The molecule has 53 heavy (non-hydrogen) atoms. The van der Waals surface area contributed by atoms with E-state index in [1.54, 1.807) is 0 Å². The van der Waals surface area contributed by atoms with Crippen LogP contribution < -0.4 is 27.4 Å². The third-order valence-corrected chi connectivity index (χ3v) is 10.5. The predicted molar refractivity (Wildman–Crippen MR) is 230 cm³/mol. The second-order valence-corrected chi connectivity index (χ2v) is 15.5. The minimum atomic E-state index is -0.794. The Labute approximate surface area is 332 Å². The number of carbonyl (C=O) groups excluding carboxylic acids is 2. The molecule has 0 heterocycles. The lowest BCUT2D eigenvalue weighted by Gasteiger charge is -2.26. The average molecular weight is 769 g/mol. The van der Waals surface area contributed by atoms with Crippen LogP contribution in [0.15, 0.2) is 17.1 Å². The van der Waals surface area contributed by atoms with E-state index >= 15 is 0 Å². The minimum Gasteiger partial charge on any atom is -0.370 e. The van der Waals surface area contributed by atoms with Crippen LogP contribution in [-0.2, 0) is 9.59 Å². The molecule has 0 aliphatic rings. The van der Waals surface area contributed by atoms with Crippen molar-refractivity contribution < 1.29 is 9.59 Å². The topological polar surface area (TPSA) is 152 Å². The zero-order valence-electron chi connectivity index (χ0n) is 34.7. The van der Waals surface area contributed by atoms with Gasteiger partial charge in [0.15, 0.2) is 5.96 Å². The first kappa shape index (κ1) is 51.2. The van der Waals surface area contributed by atoms with Crippen LogP contribution in [0.3, 0.4) is 0 Å². The molecule has 0 rings (SSSR count). The van der Waals surface area contributed by atoms with Gasteiger partial charge in [0.25, 0.3) is 0 Å². The van der Waals surface area contributed by atoms with Gasteiger partial charge in [-0.3, -0.25) is 14.6 Å². The third kappa shape index (κ3) is 34.4. The van der Waals surface area contributed by atoms with Crippen LogP contribution in [-0.4, -0.2) is 60.9 Å². The second-order valence-electron chi connectivity index (χ2n) is 15.3. The molecule has 0 saturated heterocycles. The molecular weight excluding hydrogens is 682 g/mol. The van der Waals surface area contributed by atoms with Gasteiger partial charge < -0.3 is 27.4 Å². The lowest BCUT2D eigenvalue weighted by Crippen LogP contribution is -2.52. The molecule has 0 aliphatic carbocycles. The summed E-state index contributed by atoms with van der Waals surface area (Å²) in [7, 11) is 0. The number of hydrogen-bond donors (Lipinski definition) is 5. The fourth-order valence-electron chi connectivity index (χ4n) is 6.77. The van der Waals surface area contributed by atoms with E-state index < -0.39 is 12.1 Å². The monoisotopic (exact) mass is 768 g/mol. The van der Waals surface area contributed by atoms with Gasteiger partial charge >= 0.3 is 0 Å². The first-order valence-electron chi connectivity index (χ1n) is 22.3. The minimum absolute atomic E-state index is 0.0187. The number of allylic oxidation sites excluding steroid dienone is 2. The number of carbonyl (C=O) groups is 2. The molecule has 8 N–H and O–H groups in total. The van der Waals surface area contributed by atoms with Crippen molar-refractivity contribution in [3.63, 3.8) is 0 Å². The van der Waals surface area contributed by atoms with Crippen molar-refractivity contribution in [2.45, 2.75) is 219 Å². The van der Waals surface area contributed by atoms with Gasteiger partial charge in [-0.2, -0.15) is 0 Å². The Morgan fingerprint density at radius 1 is 0.623 bits per heavy atom. The Kier molecular flexibility index (Phi) is 38.5. The summed E-state index contributed by atoms with van der Waals surface area (Å²) in [6.45, 7) is 6.47. The summed E-state index contributed by atoms with van der Waals surface area (Å²) in [5.74, 6) is -0.360. The lowest BCUT2D eigenvalue weighted by molar-refractivity contribution is -0.133. The van der Waals surface area contributed by atoms with Crippen LogP contribution in [0.1, 0.15) is 206 Å². The maximum Gasteiger partial charge on any atom is 0.241 e. The normalized spacial score (nSPS) is 12.6. The highest BCUT2D eigenvalue weighted by Crippen LogP contribution is 2.15.